The lowest BCUT2D eigenvalue weighted by Crippen LogP contribution is -2.40. The van der Waals surface area contributed by atoms with Crippen molar-refractivity contribution in [1.82, 2.24) is 5.32 Å². The molecule has 0 aliphatic rings. The van der Waals surface area contributed by atoms with E-state index in [0.717, 1.165) is 25.9 Å². The minimum atomic E-state index is -0.355. The molecule has 0 radical (unpaired) electrons. The molecular formula is C10H22N2O2. The number of amides is 1. The number of rotatable bonds is 8. The fourth-order valence-corrected chi connectivity index (χ4v) is 1.10. The van der Waals surface area contributed by atoms with E-state index in [-0.39, 0.29) is 11.9 Å². The van der Waals surface area contributed by atoms with E-state index in [1.807, 2.05) is 13.8 Å². The molecule has 1 unspecified atom stereocenters. The maximum atomic E-state index is 11.3. The molecule has 0 fully saturated rings. The van der Waals surface area contributed by atoms with Gasteiger partial charge in [-0.05, 0) is 19.8 Å². The van der Waals surface area contributed by atoms with Gasteiger partial charge in [-0.3, -0.25) is 4.79 Å². The van der Waals surface area contributed by atoms with E-state index in [0.29, 0.717) is 13.2 Å². The fourth-order valence-electron chi connectivity index (χ4n) is 1.10. The van der Waals surface area contributed by atoms with Crippen molar-refractivity contribution in [3.8, 4) is 0 Å². The smallest absolute Gasteiger partial charge is 0.236 e. The Kier molecular flexibility index (Phi) is 8.57. The van der Waals surface area contributed by atoms with E-state index < -0.39 is 0 Å². The van der Waals surface area contributed by atoms with Gasteiger partial charge >= 0.3 is 0 Å². The summed E-state index contributed by atoms with van der Waals surface area (Å²) in [6.45, 7) is 6.04. The second kappa shape index (κ2) is 8.97. The molecule has 0 aromatic carbocycles. The van der Waals surface area contributed by atoms with Crippen LogP contribution < -0.4 is 11.1 Å². The predicted octanol–water partition coefficient (Wildman–Crippen LogP) is 0.657. The third-order valence-electron chi connectivity index (χ3n) is 1.91. The highest BCUT2D eigenvalue weighted by Crippen LogP contribution is 1.92. The van der Waals surface area contributed by atoms with Crippen LogP contribution in [-0.2, 0) is 9.53 Å². The molecule has 0 spiro atoms. The van der Waals surface area contributed by atoms with Gasteiger partial charge in [-0.15, -0.1) is 0 Å². The minimum Gasteiger partial charge on any atom is -0.382 e. The molecule has 4 nitrogen and oxygen atoms in total. The van der Waals surface area contributed by atoms with Crippen LogP contribution in [0.5, 0.6) is 0 Å². The van der Waals surface area contributed by atoms with Crippen molar-refractivity contribution < 1.29 is 9.53 Å². The molecule has 0 saturated carbocycles. The SMILES string of the molecule is CCCC(N)C(=O)NCCCOCC. The first kappa shape index (κ1) is 13.4. The summed E-state index contributed by atoms with van der Waals surface area (Å²) in [7, 11) is 0. The van der Waals surface area contributed by atoms with Gasteiger partial charge in [0.15, 0.2) is 0 Å². The van der Waals surface area contributed by atoms with Gasteiger partial charge in [0.05, 0.1) is 6.04 Å². The first-order valence-electron chi connectivity index (χ1n) is 5.33. The molecule has 1 amide bonds. The Balaban J connectivity index is 3.34. The van der Waals surface area contributed by atoms with Crippen molar-refractivity contribution >= 4 is 5.91 Å². The van der Waals surface area contributed by atoms with E-state index in [2.05, 4.69) is 5.32 Å². The predicted molar refractivity (Wildman–Crippen MR) is 57.0 cm³/mol. The Morgan fingerprint density at radius 2 is 2.21 bits per heavy atom. The summed E-state index contributed by atoms with van der Waals surface area (Å²) >= 11 is 0. The van der Waals surface area contributed by atoms with Gasteiger partial charge in [-0.2, -0.15) is 0 Å². The third kappa shape index (κ3) is 6.86. The van der Waals surface area contributed by atoms with E-state index >= 15 is 0 Å². The number of nitrogens with one attached hydrogen (secondary N) is 1. The summed E-state index contributed by atoms with van der Waals surface area (Å²) in [5.74, 6) is -0.0525. The maximum Gasteiger partial charge on any atom is 0.236 e. The second-order valence-electron chi connectivity index (χ2n) is 3.24. The monoisotopic (exact) mass is 202 g/mol. The highest BCUT2D eigenvalue weighted by molar-refractivity contribution is 5.81. The summed E-state index contributed by atoms with van der Waals surface area (Å²) in [5, 5.41) is 2.78. The number of ether oxygens (including phenoxy) is 1. The van der Waals surface area contributed by atoms with Crippen LogP contribution in [0.25, 0.3) is 0 Å². The summed E-state index contributed by atoms with van der Waals surface area (Å²) in [5.41, 5.74) is 5.63. The Hall–Kier alpha value is -0.610. The highest BCUT2D eigenvalue weighted by Gasteiger charge is 2.10. The molecule has 0 heterocycles. The molecule has 4 heteroatoms. The number of nitrogens with two attached hydrogens (primary N) is 1. The van der Waals surface area contributed by atoms with E-state index in [1.54, 1.807) is 0 Å². The lowest BCUT2D eigenvalue weighted by molar-refractivity contribution is -0.122. The summed E-state index contributed by atoms with van der Waals surface area (Å²) in [4.78, 5) is 11.3. The molecule has 0 rings (SSSR count). The van der Waals surface area contributed by atoms with Crippen molar-refractivity contribution in [3.63, 3.8) is 0 Å². The second-order valence-corrected chi connectivity index (χ2v) is 3.24. The van der Waals surface area contributed by atoms with Crippen molar-refractivity contribution in [2.45, 2.75) is 39.2 Å². The number of hydrogen-bond donors (Lipinski definition) is 2. The zero-order chi connectivity index (χ0) is 10.8. The van der Waals surface area contributed by atoms with E-state index in [4.69, 9.17) is 10.5 Å². The van der Waals surface area contributed by atoms with E-state index in [9.17, 15) is 4.79 Å². The van der Waals surface area contributed by atoms with Gasteiger partial charge in [0, 0.05) is 19.8 Å². The normalized spacial score (nSPS) is 12.5. The lowest BCUT2D eigenvalue weighted by atomic mass is 10.2. The standard InChI is InChI=1S/C10H22N2O2/c1-3-6-9(11)10(13)12-7-5-8-14-4-2/h9H,3-8,11H2,1-2H3,(H,12,13). The van der Waals surface area contributed by atoms with Crippen LogP contribution in [0.3, 0.4) is 0 Å². The molecule has 0 aromatic heterocycles. The van der Waals surface area contributed by atoms with Crippen LogP contribution in [0.2, 0.25) is 0 Å². The van der Waals surface area contributed by atoms with Crippen LogP contribution in [0, 0.1) is 0 Å². The maximum absolute atomic E-state index is 11.3. The van der Waals surface area contributed by atoms with Crippen molar-refractivity contribution in [1.29, 1.82) is 0 Å². The molecule has 0 saturated heterocycles. The Bertz CT molecular complexity index is 151. The Morgan fingerprint density at radius 3 is 2.79 bits per heavy atom. The number of hydrogen-bond acceptors (Lipinski definition) is 3. The average molecular weight is 202 g/mol. The molecule has 0 aliphatic heterocycles. The Labute approximate surface area is 86.2 Å². The van der Waals surface area contributed by atoms with Gasteiger partial charge in [0.2, 0.25) is 5.91 Å². The molecule has 1 atom stereocenters. The first-order chi connectivity index (χ1) is 6.72. The van der Waals surface area contributed by atoms with Crippen molar-refractivity contribution in [2.24, 2.45) is 5.73 Å². The molecule has 84 valence electrons. The van der Waals surface area contributed by atoms with Crippen LogP contribution in [0.15, 0.2) is 0 Å². The van der Waals surface area contributed by atoms with Crippen molar-refractivity contribution in [3.05, 3.63) is 0 Å². The zero-order valence-electron chi connectivity index (χ0n) is 9.21. The molecule has 0 aliphatic carbocycles. The van der Waals surface area contributed by atoms with E-state index in [1.165, 1.54) is 0 Å². The van der Waals surface area contributed by atoms with Crippen LogP contribution in [-0.4, -0.2) is 31.7 Å². The highest BCUT2D eigenvalue weighted by atomic mass is 16.5. The van der Waals surface area contributed by atoms with Gasteiger partial charge in [-0.25, -0.2) is 0 Å². The quantitative estimate of drug-likeness (QED) is 0.568. The van der Waals surface area contributed by atoms with Crippen LogP contribution in [0.1, 0.15) is 33.1 Å². The van der Waals surface area contributed by atoms with Crippen LogP contribution >= 0.6 is 0 Å². The lowest BCUT2D eigenvalue weighted by Gasteiger charge is -2.10. The molecule has 0 aromatic rings. The largest absolute Gasteiger partial charge is 0.382 e. The van der Waals surface area contributed by atoms with Crippen LogP contribution in [0.4, 0.5) is 0 Å². The van der Waals surface area contributed by atoms with Gasteiger partial charge in [-0.1, -0.05) is 13.3 Å². The Morgan fingerprint density at radius 1 is 1.50 bits per heavy atom. The molecule has 3 N–H and O–H groups in total. The third-order valence-corrected chi connectivity index (χ3v) is 1.91. The summed E-state index contributed by atoms with van der Waals surface area (Å²) in [6.07, 6.45) is 2.53. The molecule has 14 heavy (non-hydrogen) atoms. The average Bonchev–Trinajstić information content (AvgIpc) is 2.17. The molecular weight excluding hydrogens is 180 g/mol. The topological polar surface area (TPSA) is 64.4 Å². The summed E-state index contributed by atoms with van der Waals surface area (Å²) < 4.78 is 5.14. The fraction of sp³-hybridized carbons (Fsp3) is 0.900. The summed E-state index contributed by atoms with van der Waals surface area (Å²) in [6, 6.07) is -0.355. The van der Waals surface area contributed by atoms with Gasteiger partial charge < -0.3 is 15.8 Å². The minimum absolute atomic E-state index is 0.0525. The zero-order valence-corrected chi connectivity index (χ0v) is 9.21. The number of carbonyl (C=O) groups is 1. The molecule has 0 bridgehead atoms. The van der Waals surface area contributed by atoms with Crippen molar-refractivity contribution in [2.75, 3.05) is 19.8 Å². The van der Waals surface area contributed by atoms with Gasteiger partial charge in [0.1, 0.15) is 0 Å². The first-order valence-corrected chi connectivity index (χ1v) is 5.33. The van der Waals surface area contributed by atoms with Gasteiger partial charge in [0.25, 0.3) is 0 Å². The number of carbonyl (C=O) groups excluding carboxylic acids is 1.